The topological polar surface area (TPSA) is 29.9 Å². The third kappa shape index (κ3) is 3.17. The molecule has 0 spiro atoms. The number of hydrogen-bond donors (Lipinski definition) is 1. The first-order chi connectivity index (χ1) is 8.97. The molecule has 2 aromatic rings. The van der Waals surface area contributed by atoms with Gasteiger partial charge >= 0.3 is 0 Å². The average molecular weight is 265 g/mol. The molecule has 1 N–H and O–H groups in total. The van der Waals surface area contributed by atoms with E-state index >= 15 is 0 Å². The van der Waals surface area contributed by atoms with Gasteiger partial charge in [-0.15, -0.1) is 0 Å². The summed E-state index contributed by atoms with van der Waals surface area (Å²) in [5, 5.41) is 7.39. The molecular formula is C14H17F2N3. The van der Waals surface area contributed by atoms with Gasteiger partial charge in [0.1, 0.15) is 11.6 Å². The van der Waals surface area contributed by atoms with Gasteiger partial charge in [-0.05, 0) is 31.5 Å². The van der Waals surface area contributed by atoms with Crippen LogP contribution in [0.15, 0.2) is 24.4 Å². The van der Waals surface area contributed by atoms with Gasteiger partial charge in [0.25, 0.3) is 0 Å². The van der Waals surface area contributed by atoms with Gasteiger partial charge in [0.2, 0.25) is 0 Å². The lowest BCUT2D eigenvalue weighted by Gasteiger charge is -2.14. The monoisotopic (exact) mass is 265 g/mol. The molecule has 102 valence electrons. The molecule has 0 bridgehead atoms. The minimum absolute atomic E-state index is 0.134. The first-order valence-corrected chi connectivity index (χ1v) is 6.14. The van der Waals surface area contributed by atoms with Crippen molar-refractivity contribution in [3.8, 4) is 0 Å². The summed E-state index contributed by atoms with van der Waals surface area (Å²) in [6.07, 6.45) is 1.79. The molecule has 19 heavy (non-hydrogen) atoms. The molecule has 0 unspecified atom stereocenters. The van der Waals surface area contributed by atoms with Crippen molar-refractivity contribution < 1.29 is 8.78 Å². The fourth-order valence-corrected chi connectivity index (χ4v) is 1.92. The highest BCUT2D eigenvalue weighted by molar-refractivity contribution is 5.22. The van der Waals surface area contributed by atoms with Crippen LogP contribution in [0.3, 0.4) is 0 Å². The molecule has 0 aliphatic carbocycles. The zero-order valence-electron chi connectivity index (χ0n) is 11.2. The molecule has 1 aromatic heterocycles. The Labute approximate surface area is 111 Å². The molecule has 0 saturated carbocycles. The number of nitrogens with zero attached hydrogens (tertiary/aromatic N) is 2. The van der Waals surface area contributed by atoms with E-state index in [0.29, 0.717) is 12.1 Å². The third-order valence-corrected chi connectivity index (χ3v) is 3.32. The predicted molar refractivity (Wildman–Crippen MR) is 69.6 cm³/mol. The van der Waals surface area contributed by atoms with Crippen molar-refractivity contribution in [3.05, 3.63) is 52.9 Å². The zero-order valence-corrected chi connectivity index (χ0v) is 11.2. The van der Waals surface area contributed by atoms with E-state index in [2.05, 4.69) is 10.4 Å². The number of rotatable bonds is 4. The summed E-state index contributed by atoms with van der Waals surface area (Å²) >= 11 is 0. The maximum atomic E-state index is 13.1. The van der Waals surface area contributed by atoms with Crippen molar-refractivity contribution in [3.63, 3.8) is 0 Å². The molecule has 0 amide bonds. The quantitative estimate of drug-likeness (QED) is 0.921. The zero-order chi connectivity index (χ0) is 14.0. The minimum atomic E-state index is -0.554. The second-order valence-electron chi connectivity index (χ2n) is 4.68. The Balaban J connectivity index is 2.05. The minimum Gasteiger partial charge on any atom is -0.306 e. The summed E-state index contributed by atoms with van der Waals surface area (Å²) in [6.45, 7) is 4.47. The van der Waals surface area contributed by atoms with Crippen molar-refractivity contribution in [1.82, 2.24) is 15.1 Å². The Hall–Kier alpha value is -1.75. The van der Waals surface area contributed by atoms with Crippen LogP contribution < -0.4 is 5.32 Å². The Morgan fingerprint density at radius 1 is 1.26 bits per heavy atom. The Bertz CT molecular complexity index is 558. The van der Waals surface area contributed by atoms with E-state index in [0.717, 1.165) is 17.3 Å². The van der Waals surface area contributed by atoms with E-state index in [1.165, 1.54) is 12.1 Å². The van der Waals surface area contributed by atoms with E-state index < -0.39 is 11.6 Å². The lowest BCUT2D eigenvalue weighted by molar-refractivity contribution is 0.544. The number of aryl methyl sites for hydroxylation is 1. The van der Waals surface area contributed by atoms with E-state index in [4.69, 9.17) is 0 Å². The van der Waals surface area contributed by atoms with Gasteiger partial charge < -0.3 is 5.32 Å². The van der Waals surface area contributed by atoms with E-state index in [1.807, 2.05) is 20.9 Å². The van der Waals surface area contributed by atoms with Gasteiger partial charge in [-0.25, -0.2) is 8.78 Å². The van der Waals surface area contributed by atoms with E-state index in [9.17, 15) is 8.78 Å². The number of benzene rings is 1. The molecule has 3 nitrogen and oxygen atoms in total. The predicted octanol–water partition coefficient (Wildman–Crippen LogP) is 2.86. The van der Waals surface area contributed by atoms with Crippen LogP contribution in [0.1, 0.15) is 29.8 Å². The van der Waals surface area contributed by atoms with E-state index in [1.54, 1.807) is 10.9 Å². The van der Waals surface area contributed by atoms with Crippen LogP contribution in [0.4, 0.5) is 8.78 Å². The van der Waals surface area contributed by atoms with Crippen molar-refractivity contribution in [1.29, 1.82) is 0 Å². The molecule has 1 atom stereocenters. The van der Waals surface area contributed by atoms with Crippen molar-refractivity contribution in [2.45, 2.75) is 26.4 Å². The van der Waals surface area contributed by atoms with E-state index in [-0.39, 0.29) is 6.04 Å². The molecule has 0 radical (unpaired) electrons. The second-order valence-corrected chi connectivity index (χ2v) is 4.68. The van der Waals surface area contributed by atoms with Gasteiger partial charge in [0.05, 0.1) is 6.20 Å². The fourth-order valence-electron chi connectivity index (χ4n) is 1.92. The van der Waals surface area contributed by atoms with Crippen molar-refractivity contribution >= 4 is 0 Å². The van der Waals surface area contributed by atoms with Crippen molar-refractivity contribution in [2.75, 3.05) is 0 Å². The molecule has 1 heterocycles. The average Bonchev–Trinajstić information content (AvgIpc) is 2.66. The molecule has 0 aliphatic heterocycles. The van der Waals surface area contributed by atoms with Crippen LogP contribution in [0.2, 0.25) is 0 Å². The number of halogens is 2. The molecule has 2 rings (SSSR count). The van der Waals surface area contributed by atoms with Crippen LogP contribution in [0.5, 0.6) is 0 Å². The molecule has 1 aromatic carbocycles. The summed E-state index contributed by atoms with van der Waals surface area (Å²) in [4.78, 5) is 0. The van der Waals surface area contributed by atoms with Gasteiger partial charge in [0, 0.05) is 37.0 Å². The number of aromatic nitrogens is 2. The SMILES string of the molecule is Cc1c(CN[C@@H](C)c2cc(F)cc(F)c2)cnn1C. The largest absolute Gasteiger partial charge is 0.306 e. The van der Waals surface area contributed by atoms with Crippen LogP contribution in [-0.2, 0) is 13.6 Å². The number of hydrogen-bond acceptors (Lipinski definition) is 2. The fraction of sp³-hybridized carbons (Fsp3) is 0.357. The summed E-state index contributed by atoms with van der Waals surface area (Å²) in [6, 6.07) is 3.43. The molecule has 0 aliphatic rings. The molecule has 5 heteroatoms. The maximum Gasteiger partial charge on any atom is 0.126 e. The highest BCUT2D eigenvalue weighted by Crippen LogP contribution is 2.17. The Morgan fingerprint density at radius 3 is 2.42 bits per heavy atom. The maximum absolute atomic E-state index is 13.1. The highest BCUT2D eigenvalue weighted by Gasteiger charge is 2.10. The first kappa shape index (κ1) is 13.7. The second kappa shape index (κ2) is 5.48. The third-order valence-electron chi connectivity index (χ3n) is 3.32. The van der Waals surface area contributed by atoms with Crippen LogP contribution >= 0.6 is 0 Å². The molecule has 0 saturated heterocycles. The summed E-state index contributed by atoms with van der Waals surface area (Å²) in [5.41, 5.74) is 2.75. The van der Waals surface area contributed by atoms with Gasteiger partial charge in [-0.2, -0.15) is 5.10 Å². The highest BCUT2D eigenvalue weighted by atomic mass is 19.1. The van der Waals surface area contributed by atoms with Crippen LogP contribution in [-0.4, -0.2) is 9.78 Å². The van der Waals surface area contributed by atoms with Crippen molar-refractivity contribution in [2.24, 2.45) is 7.05 Å². The normalized spacial score (nSPS) is 12.7. The summed E-state index contributed by atoms with van der Waals surface area (Å²) in [7, 11) is 1.88. The smallest absolute Gasteiger partial charge is 0.126 e. The number of nitrogens with one attached hydrogen (secondary N) is 1. The summed E-state index contributed by atoms with van der Waals surface area (Å²) < 4.78 is 28.1. The lowest BCUT2D eigenvalue weighted by Crippen LogP contribution is -2.18. The Morgan fingerprint density at radius 2 is 1.89 bits per heavy atom. The van der Waals surface area contributed by atoms with Crippen LogP contribution in [0.25, 0.3) is 0 Å². The van der Waals surface area contributed by atoms with Gasteiger partial charge in [-0.3, -0.25) is 4.68 Å². The first-order valence-electron chi connectivity index (χ1n) is 6.14. The lowest BCUT2D eigenvalue weighted by atomic mass is 10.1. The molecular weight excluding hydrogens is 248 g/mol. The molecule has 0 fully saturated rings. The van der Waals surface area contributed by atoms with Crippen LogP contribution in [0, 0.1) is 18.6 Å². The van der Waals surface area contributed by atoms with Gasteiger partial charge in [-0.1, -0.05) is 0 Å². The van der Waals surface area contributed by atoms with Gasteiger partial charge in [0.15, 0.2) is 0 Å². The Kier molecular flexibility index (Phi) is 3.95. The standard InChI is InChI=1S/C14H17F2N3/c1-9(11-4-13(15)6-14(16)5-11)17-7-12-8-18-19(3)10(12)2/h4-6,8-9,17H,7H2,1-3H3/t9-/m0/s1. The summed E-state index contributed by atoms with van der Waals surface area (Å²) in [5.74, 6) is -1.11.